The van der Waals surface area contributed by atoms with Crippen LogP contribution < -0.4 is 28.6 Å². The second-order valence-electron chi connectivity index (χ2n) is 8.04. The molecule has 11 heteroatoms. The average Bonchev–Trinajstić information content (AvgIpc) is 2.93. The molecule has 38 heavy (non-hydrogen) atoms. The number of methoxy groups -OCH3 is 3. The van der Waals surface area contributed by atoms with E-state index < -0.39 is 22.5 Å². The van der Waals surface area contributed by atoms with Crippen molar-refractivity contribution in [2.45, 2.75) is 18.2 Å². The van der Waals surface area contributed by atoms with Gasteiger partial charge in [0.1, 0.15) is 24.7 Å². The number of sulfonamides is 1. The third kappa shape index (κ3) is 7.02. The smallest absolute Gasteiger partial charge is 0.265 e. The predicted molar refractivity (Wildman–Crippen MR) is 146 cm³/mol. The lowest BCUT2D eigenvalue weighted by Crippen LogP contribution is -2.42. The number of amides is 1. The molecule has 0 fully saturated rings. The molecule has 3 aromatic carbocycles. The minimum absolute atomic E-state index is 0.108. The van der Waals surface area contributed by atoms with E-state index in [-0.39, 0.29) is 40.3 Å². The number of nitrogens with zero attached hydrogens (tertiary/aromatic N) is 1. The highest BCUT2D eigenvalue weighted by molar-refractivity contribution is 7.92. The van der Waals surface area contributed by atoms with Gasteiger partial charge >= 0.3 is 0 Å². The van der Waals surface area contributed by atoms with Crippen LogP contribution in [0.5, 0.6) is 23.0 Å². The number of carbonyl (C=O) groups is 1. The lowest BCUT2D eigenvalue weighted by Gasteiger charge is -2.26. The van der Waals surface area contributed by atoms with Crippen LogP contribution in [0.15, 0.2) is 65.6 Å². The van der Waals surface area contributed by atoms with E-state index in [0.29, 0.717) is 11.5 Å². The van der Waals surface area contributed by atoms with Crippen LogP contribution >= 0.6 is 11.6 Å². The summed E-state index contributed by atoms with van der Waals surface area (Å²) < 4.78 is 50.1. The molecule has 0 aromatic heterocycles. The van der Waals surface area contributed by atoms with Crippen LogP contribution in [0.1, 0.15) is 12.5 Å². The van der Waals surface area contributed by atoms with Crippen LogP contribution in [0.4, 0.5) is 5.69 Å². The summed E-state index contributed by atoms with van der Waals surface area (Å²) in [4.78, 5) is 12.8. The fraction of sp³-hybridized carbons (Fsp3) is 0.296. The third-order valence-electron chi connectivity index (χ3n) is 5.66. The quantitative estimate of drug-likeness (QED) is 0.309. The Balaban J connectivity index is 1.82. The summed E-state index contributed by atoms with van der Waals surface area (Å²) in [6.07, 6.45) is 0.927. The van der Waals surface area contributed by atoms with E-state index in [4.69, 9.17) is 30.5 Å². The van der Waals surface area contributed by atoms with Gasteiger partial charge in [-0.2, -0.15) is 0 Å². The molecular formula is C27H31ClN2O7S. The van der Waals surface area contributed by atoms with E-state index >= 15 is 0 Å². The van der Waals surface area contributed by atoms with Crippen LogP contribution in [0.25, 0.3) is 0 Å². The maximum atomic E-state index is 13.8. The molecule has 0 saturated carbocycles. The number of halogens is 1. The van der Waals surface area contributed by atoms with Gasteiger partial charge in [-0.1, -0.05) is 30.7 Å². The highest BCUT2D eigenvalue weighted by Gasteiger charge is 2.30. The predicted octanol–water partition coefficient (Wildman–Crippen LogP) is 4.32. The Labute approximate surface area is 228 Å². The number of hydrogen-bond acceptors (Lipinski definition) is 7. The van der Waals surface area contributed by atoms with E-state index in [1.165, 1.54) is 57.2 Å². The van der Waals surface area contributed by atoms with Gasteiger partial charge in [0, 0.05) is 11.1 Å². The fourth-order valence-electron chi connectivity index (χ4n) is 3.63. The van der Waals surface area contributed by atoms with E-state index in [1.807, 2.05) is 24.3 Å². The molecule has 1 amide bonds. The SMILES string of the molecule is CCc1ccc(OCCNC(=O)CN(c2cc(Cl)ccc2OC)S(=O)(=O)c2ccc(OC)c(OC)c2)cc1. The monoisotopic (exact) mass is 562 g/mol. The second kappa shape index (κ2) is 13.3. The number of anilines is 1. The first-order chi connectivity index (χ1) is 18.2. The summed E-state index contributed by atoms with van der Waals surface area (Å²) >= 11 is 6.19. The van der Waals surface area contributed by atoms with Gasteiger partial charge < -0.3 is 24.3 Å². The summed E-state index contributed by atoms with van der Waals surface area (Å²) in [5.74, 6) is 0.949. The summed E-state index contributed by atoms with van der Waals surface area (Å²) in [6, 6.07) is 16.4. The zero-order valence-corrected chi connectivity index (χ0v) is 23.3. The van der Waals surface area contributed by atoms with Crippen LogP contribution in [0.3, 0.4) is 0 Å². The van der Waals surface area contributed by atoms with Gasteiger partial charge in [-0.15, -0.1) is 0 Å². The van der Waals surface area contributed by atoms with Crippen LogP contribution in [0, 0.1) is 0 Å². The fourth-order valence-corrected chi connectivity index (χ4v) is 5.23. The van der Waals surface area contributed by atoms with E-state index in [1.54, 1.807) is 6.07 Å². The van der Waals surface area contributed by atoms with Gasteiger partial charge in [0.2, 0.25) is 5.91 Å². The molecule has 1 N–H and O–H groups in total. The minimum atomic E-state index is -4.27. The summed E-state index contributed by atoms with van der Waals surface area (Å²) in [5.41, 5.74) is 1.30. The van der Waals surface area contributed by atoms with Gasteiger partial charge in [-0.3, -0.25) is 9.10 Å². The number of rotatable bonds is 13. The van der Waals surface area contributed by atoms with Crippen molar-refractivity contribution in [3.63, 3.8) is 0 Å². The van der Waals surface area contributed by atoms with Crippen LogP contribution in [0.2, 0.25) is 5.02 Å². The Morgan fingerprint density at radius 1 is 0.895 bits per heavy atom. The van der Waals surface area contributed by atoms with Crippen molar-refractivity contribution in [3.8, 4) is 23.0 Å². The topological polar surface area (TPSA) is 103 Å². The van der Waals surface area contributed by atoms with Crippen molar-refractivity contribution in [2.75, 3.05) is 45.3 Å². The lowest BCUT2D eigenvalue weighted by atomic mass is 10.2. The summed E-state index contributed by atoms with van der Waals surface area (Å²) in [5, 5.41) is 2.98. The molecule has 0 atom stereocenters. The summed E-state index contributed by atoms with van der Waals surface area (Å²) in [6.45, 7) is 1.92. The number of benzene rings is 3. The van der Waals surface area contributed by atoms with Gasteiger partial charge in [0.25, 0.3) is 10.0 Å². The standard InChI is InChI=1S/C27H31ClN2O7S/c1-5-19-6-9-21(10-7-19)37-15-14-29-27(31)18-30(23-16-20(28)8-12-24(23)34-2)38(32,33)22-11-13-25(35-3)26(17-22)36-4/h6-13,16-17H,5,14-15,18H2,1-4H3,(H,29,31). The van der Waals surface area contributed by atoms with Crippen molar-refractivity contribution in [2.24, 2.45) is 0 Å². The highest BCUT2D eigenvalue weighted by Crippen LogP contribution is 2.36. The van der Waals surface area contributed by atoms with Gasteiger partial charge in [0.05, 0.1) is 38.5 Å². The molecule has 0 aliphatic carbocycles. The molecule has 0 unspecified atom stereocenters. The molecular weight excluding hydrogens is 532 g/mol. The largest absolute Gasteiger partial charge is 0.495 e. The maximum Gasteiger partial charge on any atom is 0.265 e. The molecule has 0 spiro atoms. The summed E-state index contributed by atoms with van der Waals surface area (Å²) in [7, 11) is -0.0178. The molecule has 204 valence electrons. The van der Waals surface area contributed by atoms with Gasteiger partial charge in [0.15, 0.2) is 11.5 Å². The molecule has 3 rings (SSSR count). The number of ether oxygens (including phenoxy) is 4. The first-order valence-corrected chi connectivity index (χ1v) is 13.6. The van der Waals surface area contributed by atoms with Crippen molar-refractivity contribution < 1.29 is 32.2 Å². The van der Waals surface area contributed by atoms with Crippen molar-refractivity contribution in [1.29, 1.82) is 0 Å². The maximum absolute atomic E-state index is 13.8. The number of hydrogen-bond donors (Lipinski definition) is 1. The van der Waals surface area contributed by atoms with Gasteiger partial charge in [-0.05, 0) is 54.4 Å². The van der Waals surface area contributed by atoms with Crippen molar-refractivity contribution in [3.05, 3.63) is 71.2 Å². The Kier molecular flexibility index (Phi) is 10.1. The third-order valence-corrected chi connectivity index (χ3v) is 7.66. The first-order valence-electron chi connectivity index (χ1n) is 11.8. The van der Waals surface area contributed by atoms with Crippen LogP contribution in [-0.4, -0.2) is 55.4 Å². The zero-order chi connectivity index (χ0) is 27.7. The molecule has 0 aliphatic rings. The molecule has 0 heterocycles. The van der Waals surface area contributed by atoms with Gasteiger partial charge in [-0.25, -0.2) is 8.42 Å². The number of carbonyl (C=O) groups excluding carboxylic acids is 1. The second-order valence-corrected chi connectivity index (χ2v) is 10.3. The Morgan fingerprint density at radius 2 is 1.55 bits per heavy atom. The Hall–Kier alpha value is -3.63. The Bertz CT molecular complexity index is 1350. The molecule has 0 bridgehead atoms. The van der Waals surface area contributed by atoms with E-state index in [9.17, 15) is 13.2 Å². The average molecular weight is 563 g/mol. The van der Waals surface area contributed by atoms with Crippen LogP contribution in [-0.2, 0) is 21.2 Å². The molecule has 9 nitrogen and oxygen atoms in total. The van der Waals surface area contributed by atoms with E-state index in [2.05, 4.69) is 12.2 Å². The molecule has 0 radical (unpaired) electrons. The minimum Gasteiger partial charge on any atom is -0.495 e. The van der Waals surface area contributed by atoms with Crippen molar-refractivity contribution in [1.82, 2.24) is 5.32 Å². The normalized spacial score (nSPS) is 11.0. The highest BCUT2D eigenvalue weighted by atomic mass is 35.5. The Morgan fingerprint density at radius 3 is 2.18 bits per heavy atom. The molecule has 0 saturated heterocycles. The number of nitrogens with one attached hydrogen (secondary N) is 1. The number of aryl methyl sites for hydroxylation is 1. The zero-order valence-electron chi connectivity index (χ0n) is 21.7. The van der Waals surface area contributed by atoms with Crippen molar-refractivity contribution >= 4 is 33.2 Å². The molecule has 0 aliphatic heterocycles. The lowest BCUT2D eigenvalue weighted by molar-refractivity contribution is -0.119. The first kappa shape index (κ1) is 28.9. The van der Waals surface area contributed by atoms with E-state index in [0.717, 1.165) is 10.7 Å². The molecule has 3 aromatic rings.